The molecule has 98 valence electrons. The molecule has 0 spiro atoms. The summed E-state index contributed by atoms with van der Waals surface area (Å²) in [5.41, 5.74) is 0. The highest BCUT2D eigenvalue weighted by Crippen LogP contribution is 2.42. The largest absolute Gasteiger partial charge is 0.394 e. The van der Waals surface area contributed by atoms with Gasteiger partial charge in [-0.3, -0.25) is 4.57 Å². The van der Waals surface area contributed by atoms with Crippen LogP contribution >= 0.6 is 7.60 Å². The Kier molecular flexibility index (Phi) is 6.06. The van der Waals surface area contributed by atoms with Crippen LogP contribution in [0.25, 0.3) is 0 Å². The molecule has 0 radical (unpaired) electrons. The third kappa shape index (κ3) is 7.29. The molecule has 2 unspecified atom stereocenters. The van der Waals surface area contributed by atoms with Crippen LogP contribution in [0.4, 0.5) is 0 Å². The van der Waals surface area contributed by atoms with Crippen molar-refractivity contribution in [1.29, 1.82) is 0 Å². The van der Waals surface area contributed by atoms with Crippen molar-refractivity contribution in [2.45, 2.75) is 11.9 Å². The minimum atomic E-state index is -4.37. The summed E-state index contributed by atoms with van der Waals surface area (Å²) >= 11 is 0. The van der Waals surface area contributed by atoms with E-state index < -0.39 is 26.2 Å². The molecule has 0 aliphatic rings. The zero-order valence-corrected chi connectivity index (χ0v) is 10.7. The van der Waals surface area contributed by atoms with E-state index in [-0.39, 0.29) is 13.2 Å². The van der Waals surface area contributed by atoms with E-state index in [0.717, 1.165) is 0 Å². The fourth-order valence-electron chi connectivity index (χ4n) is 1.000. The highest BCUT2D eigenvalue weighted by atomic mass is 31.2. The van der Waals surface area contributed by atoms with Crippen molar-refractivity contribution in [2.75, 3.05) is 40.9 Å². The molecule has 4 N–H and O–H groups in total. The summed E-state index contributed by atoms with van der Waals surface area (Å²) in [7, 11) is 0.947. The maximum atomic E-state index is 11.1. The molecular formula is C8H21NO6P+. The van der Waals surface area contributed by atoms with E-state index in [1.807, 2.05) is 0 Å². The maximum Gasteiger partial charge on any atom is 0.359 e. The summed E-state index contributed by atoms with van der Waals surface area (Å²) in [6, 6.07) is 0. The van der Waals surface area contributed by atoms with Crippen molar-refractivity contribution in [1.82, 2.24) is 0 Å². The van der Waals surface area contributed by atoms with E-state index in [1.165, 1.54) is 0 Å². The zero-order valence-electron chi connectivity index (χ0n) is 9.78. The van der Waals surface area contributed by atoms with Crippen molar-refractivity contribution >= 4 is 7.60 Å². The number of aliphatic hydroxyl groups is 2. The van der Waals surface area contributed by atoms with Gasteiger partial charge in [0.05, 0.1) is 34.4 Å². The van der Waals surface area contributed by atoms with Crippen LogP contribution in [0.5, 0.6) is 0 Å². The Morgan fingerprint density at radius 2 is 1.81 bits per heavy atom. The number of ether oxygens (including phenoxy) is 1. The monoisotopic (exact) mass is 258 g/mol. The molecule has 0 saturated carbocycles. The molecule has 0 aromatic carbocycles. The van der Waals surface area contributed by atoms with Crippen LogP contribution < -0.4 is 0 Å². The van der Waals surface area contributed by atoms with Crippen LogP contribution in [0.1, 0.15) is 0 Å². The first-order chi connectivity index (χ1) is 7.06. The van der Waals surface area contributed by atoms with E-state index in [4.69, 9.17) is 24.7 Å². The number of hydrogen-bond acceptors (Lipinski definition) is 4. The number of aliphatic hydroxyl groups excluding tert-OH is 2. The summed E-state index contributed by atoms with van der Waals surface area (Å²) < 4.78 is 16.4. The molecular weight excluding hydrogens is 237 g/mol. The van der Waals surface area contributed by atoms with E-state index >= 15 is 0 Å². The third-order valence-electron chi connectivity index (χ3n) is 1.77. The Bertz CT molecular complexity index is 247. The lowest BCUT2D eigenvalue weighted by Gasteiger charge is -2.29. The van der Waals surface area contributed by atoms with Gasteiger partial charge in [-0.25, -0.2) is 0 Å². The van der Waals surface area contributed by atoms with Gasteiger partial charge in [-0.2, -0.15) is 0 Å². The van der Waals surface area contributed by atoms with Gasteiger partial charge in [0.2, 0.25) is 5.85 Å². The molecule has 7 nitrogen and oxygen atoms in total. The molecule has 0 rings (SSSR count). The van der Waals surface area contributed by atoms with Crippen molar-refractivity contribution in [3.63, 3.8) is 0 Å². The van der Waals surface area contributed by atoms with Crippen molar-refractivity contribution < 1.29 is 33.8 Å². The molecule has 0 aliphatic carbocycles. The topological polar surface area (TPSA) is 107 Å². The lowest BCUT2D eigenvalue weighted by atomic mass is 10.4. The van der Waals surface area contributed by atoms with E-state index in [9.17, 15) is 4.57 Å². The Morgan fingerprint density at radius 3 is 2.12 bits per heavy atom. The van der Waals surface area contributed by atoms with E-state index in [0.29, 0.717) is 4.48 Å². The summed E-state index contributed by atoms with van der Waals surface area (Å²) in [5, 5.41) is 17.6. The number of hydrogen-bond donors (Lipinski definition) is 4. The fourth-order valence-corrected chi connectivity index (χ4v) is 1.98. The van der Waals surface area contributed by atoms with Gasteiger partial charge in [0.15, 0.2) is 0 Å². The molecule has 0 bridgehead atoms. The number of likely N-dealkylation sites (N-methyl/N-ethyl adjacent to an activating group) is 1. The minimum Gasteiger partial charge on any atom is -0.394 e. The molecule has 16 heavy (non-hydrogen) atoms. The second kappa shape index (κ2) is 6.07. The van der Waals surface area contributed by atoms with Crippen LogP contribution in [-0.4, -0.2) is 77.3 Å². The maximum absolute atomic E-state index is 11.1. The van der Waals surface area contributed by atoms with Gasteiger partial charge in [0, 0.05) is 0 Å². The number of rotatable bonds is 7. The average Bonchev–Trinajstić information content (AvgIpc) is 2.08. The molecule has 0 saturated heterocycles. The number of nitrogens with zero attached hydrogens (tertiary/aromatic N) is 1. The standard InChI is InChI=1S/C8H20NO6P/c1-9(2,3)4-8(16(12,13)14)15-6-7(11)5-10/h7-8,10-11H,4-6H2,1-3H3,(H-,12,13,14)/p+1. The second-order valence-corrected chi connectivity index (χ2v) is 6.44. The summed E-state index contributed by atoms with van der Waals surface area (Å²) in [5.74, 6) is -1.27. The average molecular weight is 258 g/mol. The lowest BCUT2D eigenvalue weighted by molar-refractivity contribution is -0.872. The normalized spacial score (nSPS) is 17.2. The fraction of sp³-hybridized carbons (Fsp3) is 1.00. The predicted octanol–water partition coefficient (Wildman–Crippen LogP) is -1.43. The smallest absolute Gasteiger partial charge is 0.359 e. The summed E-state index contributed by atoms with van der Waals surface area (Å²) in [4.78, 5) is 18.1. The number of quaternary nitrogens is 1. The van der Waals surface area contributed by atoms with Crippen molar-refractivity contribution in [3.8, 4) is 0 Å². The molecule has 8 heteroatoms. The van der Waals surface area contributed by atoms with Gasteiger partial charge in [0.1, 0.15) is 12.6 Å². The van der Waals surface area contributed by atoms with Gasteiger partial charge >= 0.3 is 7.60 Å². The van der Waals surface area contributed by atoms with Crippen LogP contribution in [-0.2, 0) is 9.30 Å². The molecule has 0 fully saturated rings. The quantitative estimate of drug-likeness (QED) is 0.329. The second-order valence-electron chi connectivity index (χ2n) is 4.69. The van der Waals surface area contributed by atoms with E-state index in [2.05, 4.69) is 0 Å². The first-order valence-electron chi connectivity index (χ1n) is 4.82. The van der Waals surface area contributed by atoms with Crippen molar-refractivity contribution in [2.24, 2.45) is 0 Å². The Hall–Kier alpha value is -0.0100. The van der Waals surface area contributed by atoms with Crippen molar-refractivity contribution in [3.05, 3.63) is 0 Å². The molecule has 0 aliphatic heterocycles. The minimum absolute atomic E-state index is 0.114. The Balaban J connectivity index is 4.41. The zero-order chi connectivity index (χ0) is 13.0. The first-order valence-corrected chi connectivity index (χ1v) is 6.50. The summed E-state index contributed by atoms with van der Waals surface area (Å²) in [6.45, 7) is -0.688. The van der Waals surface area contributed by atoms with Crippen LogP contribution in [0, 0.1) is 0 Å². The first kappa shape index (κ1) is 16.0. The van der Waals surface area contributed by atoms with Crippen LogP contribution in [0.2, 0.25) is 0 Å². The lowest BCUT2D eigenvalue weighted by Crippen LogP contribution is -2.43. The highest BCUT2D eigenvalue weighted by Gasteiger charge is 2.35. The van der Waals surface area contributed by atoms with Gasteiger partial charge in [0.25, 0.3) is 0 Å². The van der Waals surface area contributed by atoms with Crippen LogP contribution in [0.3, 0.4) is 0 Å². The van der Waals surface area contributed by atoms with Gasteiger partial charge < -0.3 is 29.2 Å². The third-order valence-corrected chi connectivity index (χ3v) is 2.83. The Labute approximate surface area is 95.0 Å². The van der Waals surface area contributed by atoms with Gasteiger partial charge in [-0.15, -0.1) is 0 Å². The molecule has 0 aromatic heterocycles. The molecule has 0 heterocycles. The molecule has 0 aromatic rings. The summed E-state index contributed by atoms with van der Waals surface area (Å²) in [6.07, 6.45) is -1.12. The molecule has 2 atom stereocenters. The van der Waals surface area contributed by atoms with E-state index in [1.54, 1.807) is 21.1 Å². The highest BCUT2D eigenvalue weighted by molar-refractivity contribution is 7.52. The molecule has 0 amide bonds. The van der Waals surface area contributed by atoms with Crippen LogP contribution in [0.15, 0.2) is 0 Å². The predicted molar refractivity (Wildman–Crippen MR) is 57.8 cm³/mol. The van der Waals surface area contributed by atoms with Gasteiger partial charge in [-0.05, 0) is 0 Å². The van der Waals surface area contributed by atoms with Gasteiger partial charge in [-0.1, -0.05) is 0 Å². The SMILES string of the molecule is C[N+](C)(C)CC(OCC(O)CO)P(=O)(O)O. The Morgan fingerprint density at radius 1 is 1.31 bits per heavy atom.